The number of amides is 1. The summed E-state index contributed by atoms with van der Waals surface area (Å²) in [5.74, 6) is 0.344. The molecule has 0 unspecified atom stereocenters. The van der Waals surface area contributed by atoms with E-state index in [-0.39, 0.29) is 0 Å². The van der Waals surface area contributed by atoms with Gasteiger partial charge in [0.2, 0.25) is 5.91 Å². The quantitative estimate of drug-likeness (QED) is 0.779. The van der Waals surface area contributed by atoms with E-state index in [0.717, 1.165) is 65.3 Å². The summed E-state index contributed by atoms with van der Waals surface area (Å²) in [6.07, 6.45) is 1.67. The molecular weight excluding hydrogens is 324 g/mol. The molecule has 2 aliphatic rings. The first-order valence-electron chi connectivity index (χ1n) is 10.2. The Morgan fingerprint density at radius 1 is 1.00 bits per heavy atom. The summed E-state index contributed by atoms with van der Waals surface area (Å²) < 4.78 is 0. The highest BCUT2D eigenvalue weighted by Crippen LogP contribution is 2.16. The summed E-state index contributed by atoms with van der Waals surface area (Å²) in [5.41, 5.74) is 1.32. The van der Waals surface area contributed by atoms with Gasteiger partial charge in [0.25, 0.3) is 0 Å². The van der Waals surface area contributed by atoms with Crippen LogP contribution in [-0.2, 0) is 4.79 Å². The third kappa shape index (κ3) is 4.98. The Morgan fingerprint density at radius 2 is 1.69 bits per heavy atom. The Kier molecular flexibility index (Phi) is 6.92. The van der Waals surface area contributed by atoms with Crippen LogP contribution in [0.1, 0.15) is 26.7 Å². The van der Waals surface area contributed by atoms with Gasteiger partial charge in [-0.2, -0.15) is 0 Å². The monoisotopic (exact) mass is 358 g/mol. The van der Waals surface area contributed by atoms with Gasteiger partial charge in [0.1, 0.15) is 0 Å². The van der Waals surface area contributed by atoms with Crippen LogP contribution in [0.15, 0.2) is 30.3 Å². The topological polar surface area (TPSA) is 30.0 Å². The van der Waals surface area contributed by atoms with E-state index in [2.05, 4.69) is 63.8 Å². The molecule has 1 aromatic rings. The molecule has 1 atom stereocenters. The lowest BCUT2D eigenvalue weighted by Gasteiger charge is -2.40. The van der Waals surface area contributed by atoms with Gasteiger partial charge in [0, 0.05) is 64.0 Å². The minimum absolute atomic E-state index is 0.344. The molecular formula is C21H34N4O. The number of rotatable bonds is 6. The fourth-order valence-corrected chi connectivity index (χ4v) is 4.16. The van der Waals surface area contributed by atoms with Crippen LogP contribution in [0.4, 0.5) is 5.69 Å². The molecule has 26 heavy (non-hydrogen) atoms. The molecule has 5 heteroatoms. The van der Waals surface area contributed by atoms with Gasteiger partial charge in [-0.15, -0.1) is 0 Å². The Balaban J connectivity index is 1.35. The second-order valence-corrected chi connectivity index (χ2v) is 7.60. The van der Waals surface area contributed by atoms with Gasteiger partial charge in [-0.25, -0.2) is 0 Å². The van der Waals surface area contributed by atoms with Crippen molar-refractivity contribution in [2.45, 2.75) is 32.7 Å². The van der Waals surface area contributed by atoms with Crippen molar-refractivity contribution in [3.8, 4) is 0 Å². The highest BCUT2D eigenvalue weighted by molar-refractivity contribution is 5.76. The molecule has 3 rings (SSSR count). The van der Waals surface area contributed by atoms with Crippen LogP contribution in [-0.4, -0.2) is 85.6 Å². The number of para-hydroxylation sites is 1. The molecule has 0 N–H and O–H groups in total. The molecule has 5 nitrogen and oxygen atoms in total. The fraction of sp³-hybridized carbons (Fsp3) is 0.667. The highest BCUT2D eigenvalue weighted by Gasteiger charge is 2.26. The number of hydrogen-bond acceptors (Lipinski definition) is 4. The maximum Gasteiger partial charge on any atom is 0.222 e. The van der Waals surface area contributed by atoms with Gasteiger partial charge < -0.3 is 9.80 Å². The van der Waals surface area contributed by atoms with Crippen molar-refractivity contribution in [2.24, 2.45) is 0 Å². The van der Waals surface area contributed by atoms with Crippen molar-refractivity contribution in [1.82, 2.24) is 14.7 Å². The van der Waals surface area contributed by atoms with E-state index in [4.69, 9.17) is 0 Å². The zero-order valence-electron chi connectivity index (χ0n) is 16.4. The van der Waals surface area contributed by atoms with Gasteiger partial charge in [-0.1, -0.05) is 25.1 Å². The lowest BCUT2D eigenvalue weighted by molar-refractivity contribution is -0.135. The maximum atomic E-state index is 12.6. The summed E-state index contributed by atoms with van der Waals surface area (Å²) >= 11 is 0. The molecule has 2 aliphatic heterocycles. The van der Waals surface area contributed by atoms with E-state index in [1.54, 1.807) is 0 Å². The zero-order valence-corrected chi connectivity index (χ0v) is 16.4. The largest absolute Gasteiger partial charge is 0.369 e. The van der Waals surface area contributed by atoms with Crippen LogP contribution < -0.4 is 4.90 Å². The first kappa shape index (κ1) is 19.2. The number of carbonyl (C=O) groups excluding carboxylic acids is 1. The third-order valence-corrected chi connectivity index (χ3v) is 5.84. The summed E-state index contributed by atoms with van der Waals surface area (Å²) in [6.45, 7) is 13.8. The molecule has 2 heterocycles. The summed E-state index contributed by atoms with van der Waals surface area (Å²) in [4.78, 5) is 22.1. The molecule has 0 aliphatic carbocycles. The second kappa shape index (κ2) is 9.38. The van der Waals surface area contributed by atoms with E-state index in [1.165, 1.54) is 5.69 Å². The number of likely N-dealkylation sites (N-methyl/N-ethyl adjacent to an activating group) is 1. The van der Waals surface area contributed by atoms with Crippen LogP contribution in [0.3, 0.4) is 0 Å². The van der Waals surface area contributed by atoms with Crippen LogP contribution in [0.5, 0.6) is 0 Å². The van der Waals surface area contributed by atoms with E-state index < -0.39 is 0 Å². The lowest BCUT2D eigenvalue weighted by Crippen LogP contribution is -2.53. The molecule has 144 valence electrons. The molecule has 0 saturated carbocycles. The smallest absolute Gasteiger partial charge is 0.222 e. The summed E-state index contributed by atoms with van der Waals surface area (Å²) in [6, 6.07) is 11.0. The lowest BCUT2D eigenvalue weighted by atomic mass is 10.1. The maximum absolute atomic E-state index is 12.6. The Labute approximate surface area is 158 Å². The number of carbonyl (C=O) groups is 1. The molecule has 2 saturated heterocycles. The first-order valence-corrected chi connectivity index (χ1v) is 10.2. The van der Waals surface area contributed by atoms with E-state index >= 15 is 0 Å². The number of anilines is 1. The molecule has 0 aromatic heterocycles. The zero-order chi connectivity index (χ0) is 18.4. The SMILES string of the molecule is CCN1CCN(C(=O)CCCN2CCN(c3ccccc3)CC2)[C@@H](C)C1. The average molecular weight is 359 g/mol. The molecule has 2 fully saturated rings. The normalized spacial score (nSPS) is 22.6. The van der Waals surface area contributed by atoms with Gasteiger partial charge in [-0.05, 0) is 38.6 Å². The van der Waals surface area contributed by atoms with Gasteiger partial charge in [0.05, 0.1) is 0 Å². The standard InChI is InChI=1S/C21H34N4O/c1-3-22-14-17-25(19(2)18-22)21(26)10-7-11-23-12-15-24(16-13-23)20-8-5-4-6-9-20/h4-6,8-9,19H,3,7,10-18H2,1-2H3/t19-/m0/s1. The molecule has 1 amide bonds. The van der Waals surface area contributed by atoms with Gasteiger partial charge in [-0.3, -0.25) is 14.6 Å². The fourth-order valence-electron chi connectivity index (χ4n) is 4.16. The summed E-state index contributed by atoms with van der Waals surface area (Å²) in [7, 11) is 0. The minimum atomic E-state index is 0.344. The molecule has 0 spiro atoms. The Morgan fingerprint density at radius 3 is 2.35 bits per heavy atom. The first-order chi connectivity index (χ1) is 12.7. The third-order valence-electron chi connectivity index (χ3n) is 5.84. The predicted molar refractivity (Wildman–Crippen MR) is 108 cm³/mol. The predicted octanol–water partition coefficient (Wildman–Crippen LogP) is 2.14. The van der Waals surface area contributed by atoms with Crippen molar-refractivity contribution in [3.05, 3.63) is 30.3 Å². The van der Waals surface area contributed by atoms with E-state index in [1.807, 2.05) is 0 Å². The van der Waals surface area contributed by atoms with Crippen molar-refractivity contribution >= 4 is 11.6 Å². The number of hydrogen-bond donors (Lipinski definition) is 0. The van der Waals surface area contributed by atoms with Gasteiger partial charge >= 0.3 is 0 Å². The van der Waals surface area contributed by atoms with Crippen LogP contribution >= 0.6 is 0 Å². The average Bonchev–Trinajstić information content (AvgIpc) is 2.69. The number of nitrogens with zero attached hydrogens (tertiary/aromatic N) is 4. The van der Waals surface area contributed by atoms with Crippen molar-refractivity contribution in [2.75, 3.05) is 63.8 Å². The highest BCUT2D eigenvalue weighted by atomic mass is 16.2. The second-order valence-electron chi connectivity index (χ2n) is 7.60. The molecule has 0 bridgehead atoms. The minimum Gasteiger partial charge on any atom is -0.369 e. The van der Waals surface area contributed by atoms with Crippen LogP contribution in [0.25, 0.3) is 0 Å². The summed E-state index contributed by atoms with van der Waals surface area (Å²) in [5, 5.41) is 0. The van der Waals surface area contributed by atoms with Crippen molar-refractivity contribution in [3.63, 3.8) is 0 Å². The van der Waals surface area contributed by atoms with E-state index in [9.17, 15) is 4.79 Å². The Bertz CT molecular complexity index is 556. The molecule has 1 aromatic carbocycles. The van der Waals surface area contributed by atoms with Crippen LogP contribution in [0, 0.1) is 0 Å². The van der Waals surface area contributed by atoms with Crippen molar-refractivity contribution in [1.29, 1.82) is 0 Å². The Hall–Kier alpha value is -1.59. The van der Waals surface area contributed by atoms with Crippen LogP contribution in [0.2, 0.25) is 0 Å². The van der Waals surface area contributed by atoms with E-state index in [0.29, 0.717) is 18.4 Å². The number of benzene rings is 1. The van der Waals surface area contributed by atoms with Gasteiger partial charge in [0.15, 0.2) is 0 Å². The van der Waals surface area contributed by atoms with Crippen molar-refractivity contribution < 1.29 is 4.79 Å². The molecule has 0 radical (unpaired) electrons. The number of piperazine rings is 2.